The molecule has 0 spiro atoms. The van der Waals surface area contributed by atoms with Crippen LogP contribution >= 0.6 is 11.3 Å². The van der Waals surface area contributed by atoms with E-state index in [1.165, 1.54) is 11.3 Å². The molecule has 14 heavy (non-hydrogen) atoms. The number of aldehydes is 1. The minimum Gasteiger partial charge on any atom is -0.296 e. The van der Waals surface area contributed by atoms with Crippen molar-refractivity contribution in [2.45, 2.75) is 13.8 Å². The highest BCUT2D eigenvalue weighted by Crippen LogP contribution is 2.19. The maximum Gasteiger partial charge on any atom is 0.194 e. The molecule has 0 aliphatic rings. The molecule has 0 amide bonds. The minimum absolute atomic E-state index is 0.498. The molecule has 0 N–H and O–H groups in total. The number of hydrogen-bond acceptors (Lipinski definition) is 3. The molecule has 0 aliphatic heterocycles. The van der Waals surface area contributed by atoms with E-state index in [0.717, 1.165) is 22.8 Å². The zero-order valence-electron chi connectivity index (χ0n) is 8.02. The Hall–Kier alpha value is -1.42. The fraction of sp³-hybridized carbons (Fsp3) is 0.200. The molecule has 4 heteroatoms. The van der Waals surface area contributed by atoms with Crippen LogP contribution in [-0.2, 0) is 0 Å². The lowest BCUT2D eigenvalue weighted by Crippen LogP contribution is -1.98. The Morgan fingerprint density at radius 2 is 2.00 bits per heavy atom. The standard InChI is InChI=1S/C10H10N2OS/c1-7-3-4-8(2)12(7)10-11-9(5-13)6-14-10/h3-6H,1-2H3. The fourth-order valence-corrected chi connectivity index (χ4v) is 2.29. The third-order valence-corrected chi connectivity index (χ3v) is 2.94. The molecule has 0 unspecified atom stereocenters. The molecular weight excluding hydrogens is 196 g/mol. The van der Waals surface area contributed by atoms with E-state index in [1.807, 2.05) is 30.5 Å². The summed E-state index contributed by atoms with van der Waals surface area (Å²) in [5.41, 5.74) is 2.76. The summed E-state index contributed by atoms with van der Waals surface area (Å²) < 4.78 is 2.04. The van der Waals surface area contributed by atoms with Crippen LogP contribution < -0.4 is 0 Å². The van der Waals surface area contributed by atoms with Gasteiger partial charge in [-0.25, -0.2) is 4.98 Å². The van der Waals surface area contributed by atoms with E-state index in [1.54, 1.807) is 5.38 Å². The van der Waals surface area contributed by atoms with Crippen molar-refractivity contribution in [2.24, 2.45) is 0 Å². The molecular formula is C10H10N2OS. The van der Waals surface area contributed by atoms with Crippen molar-refractivity contribution >= 4 is 17.6 Å². The van der Waals surface area contributed by atoms with Crippen LogP contribution in [0.15, 0.2) is 17.5 Å². The number of aromatic nitrogens is 2. The van der Waals surface area contributed by atoms with Crippen molar-refractivity contribution in [3.8, 4) is 5.13 Å². The quantitative estimate of drug-likeness (QED) is 0.707. The highest BCUT2D eigenvalue weighted by molar-refractivity contribution is 7.12. The van der Waals surface area contributed by atoms with Crippen molar-refractivity contribution in [3.05, 3.63) is 34.6 Å². The van der Waals surface area contributed by atoms with Crippen LogP contribution in [0.4, 0.5) is 0 Å². The van der Waals surface area contributed by atoms with E-state index in [2.05, 4.69) is 4.98 Å². The molecule has 0 aliphatic carbocycles. The van der Waals surface area contributed by atoms with Crippen LogP contribution in [0.3, 0.4) is 0 Å². The molecule has 0 bridgehead atoms. The van der Waals surface area contributed by atoms with Gasteiger partial charge in [0.05, 0.1) is 0 Å². The third kappa shape index (κ3) is 1.37. The summed E-state index contributed by atoms with van der Waals surface area (Å²) in [5, 5.41) is 2.62. The Morgan fingerprint density at radius 3 is 2.50 bits per heavy atom. The van der Waals surface area contributed by atoms with Gasteiger partial charge in [-0.3, -0.25) is 9.36 Å². The SMILES string of the molecule is Cc1ccc(C)n1-c1nc(C=O)cs1. The predicted octanol–water partition coefficient (Wildman–Crippen LogP) is 2.36. The molecule has 0 atom stereocenters. The number of carbonyl (C=O) groups excluding carboxylic acids is 1. The van der Waals surface area contributed by atoms with E-state index in [-0.39, 0.29) is 0 Å². The Balaban J connectivity index is 2.53. The summed E-state index contributed by atoms with van der Waals surface area (Å²) in [4.78, 5) is 14.7. The zero-order valence-corrected chi connectivity index (χ0v) is 8.84. The highest BCUT2D eigenvalue weighted by Gasteiger charge is 2.07. The average Bonchev–Trinajstić information content (AvgIpc) is 2.73. The maximum atomic E-state index is 10.5. The van der Waals surface area contributed by atoms with Crippen LogP contribution in [0.25, 0.3) is 5.13 Å². The van der Waals surface area contributed by atoms with Gasteiger partial charge in [0.2, 0.25) is 0 Å². The first kappa shape index (κ1) is 9.15. The van der Waals surface area contributed by atoms with E-state index < -0.39 is 0 Å². The minimum atomic E-state index is 0.498. The lowest BCUT2D eigenvalue weighted by atomic mass is 10.5. The summed E-state index contributed by atoms with van der Waals surface area (Å²) in [6.45, 7) is 4.05. The number of hydrogen-bond donors (Lipinski definition) is 0. The predicted molar refractivity (Wildman–Crippen MR) is 56.3 cm³/mol. The highest BCUT2D eigenvalue weighted by atomic mass is 32.1. The molecule has 72 valence electrons. The first-order valence-electron chi connectivity index (χ1n) is 4.28. The smallest absolute Gasteiger partial charge is 0.194 e. The fourth-order valence-electron chi connectivity index (χ4n) is 1.40. The Bertz CT molecular complexity index is 451. The van der Waals surface area contributed by atoms with Crippen LogP contribution in [0.1, 0.15) is 21.9 Å². The molecule has 0 saturated heterocycles. The van der Waals surface area contributed by atoms with Gasteiger partial charge in [-0.15, -0.1) is 11.3 Å². The van der Waals surface area contributed by atoms with Gasteiger partial charge in [0.15, 0.2) is 11.4 Å². The lowest BCUT2D eigenvalue weighted by Gasteiger charge is -2.03. The van der Waals surface area contributed by atoms with Gasteiger partial charge in [0.1, 0.15) is 5.69 Å². The summed E-state index contributed by atoms with van der Waals surface area (Å²) in [7, 11) is 0. The maximum absolute atomic E-state index is 10.5. The molecule has 0 radical (unpaired) electrons. The van der Waals surface area contributed by atoms with Crippen molar-refractivity contribution < 1.29 is 4.79 Å². The Labute approximate surface area is 86.0 Å². The normalized spacial score (nSPS) is 10.4. The van der Waals surface area contributed by atoms with Gasteiger partial charge in [-0.05, 0) is 26.0 Å². The first-order chi connectivity index (χ1) is 6.72. The van der Waals surface area contributed by atoms with Crippen molar-refractivity contribution in [2.75, 3.05) is 0 Å². The molecule has 2 aromatic rings. The van der Waals surface area contributed by atoms with E-state index in [9.17, 15) is 4.79 Å². The van der Waals surface area contributed by atoms with Crippen molar-refractivity contribution in [1.82, 2.24) is 9.55 Å². The van der Waals surface area contributed by atoms with Crippen LogP contribution in [0, 0.1) is 13.8 Å². The summed E-state index contributed by atoms with van der Waals surface area (Å²) in [6, 6.07) is 4.08. The van der Waals surface area contributed by atoms with Gasteiger partial charge < -0.3 is 0 Å². The van der Waals surface area contributed by atoms with E-state index in [0.29, 0.717) is 5.69 Å². The molecule has 2 aromatic heterocycles. The molecule has 0 saturated carbocycles. The number of thiazole rings is 1. The number of rotatable bonds is 2. The second-order valence-corrected chi connectivity index (χ2v) is 3.96. The number of aryl methyl sites for hydroxylation is 2. The second-order valence-electron chi connectivity index (χ2n) is 3.12. The molecule has 2 heterocycles. The number of nitrogens with zero attached hydrogens (tertiary/aromatic N) is 2. The van der Waals surface area contributed by atoms with Crippen LogP contribution in [0.2, 0.25) is 0 Å². The van der Waals surface area contributed by atoms with Gasteiger partial charge in [0, 0.05) is 16.8 Å². The van der Waals surface area contributed by atoms with Gasteiger partial charge in [-0.1, -0.05) is 0 Å². The zero-order chi connectivity index (χ0) is 10.1. The van der Waals surface area contributed by atoms with Gasteiger partial charge >= 0.3 is 0 Å². The Kier molecular flexibility index (Phi) is 2.21. The topological polar surface area (TPSA) is 34.9 Å². The summed E-state index contributed by atoms with van der Waals surface area (Å²) in [5.74, 6) is 0. The van der Waals surface area contributed by atoms with Crippen molar-refractivity contribution in [1.29, 1.82) is 0 Å². The summed E-state index contributed by atoms with van der Waals surface area (Å²) in [6.07, 6.45) is 0.772. The number of carbonyl (C=O) groups is 1. The molecule has 0 fully saturated rings. The van der Waals surface area contributed by atoms with E-state index in [4.69, 9.17) is 0 Å². The average molecular weight is 206 g/mol. The largest absolute Gasteiger partial charge is 0.296 e. The molecule has 3 nitrogen and oxygen atoms in total. The van der Waals surface area contributed by atoms with E-state index >= 15 is 0 Å². The lowest BCUT2D eigenvalue weighted by molar-refractivity contribution is 0.111. The molecule has 0 aromatic carbocycles. The molecule has 2 rings (SSSR count). The summed E-state index contributed by atoms with van der Waals surface area (Å²) >= 11 is 1.48. The van der Waals surface area contributed by atoms with Crippen LogP contribution in [0.5, 0.6) is 0 Å². The van der Waals surface area contributed by atoms with Crippen molar-refractivity contribution in [3.63, 3.8) is 0 Å². The monoisotopic (exact) mass is 206 g/mol. The van der Waals surface area contributed by atoms with Gasteiger partial charge in [0.25, 0.3) is 0 Å². The second kappa shape index (κ2) is 3.38. The van der Waals surface area contributed by atoms with Crippen LogP contribution in [-0.4, -0.2) is 15.8 Å². The Morgan fingerprint density at radius 1 is 1.36 bits per heavy atom. The first-order valence-corrected chi connectivity index (χ1v) is 5.16. The van der Waals surface area contributed by atoms with Gasteiger partial charge in [-0.2, -0.15) is 0 Å². The third-order valence-electron chi connectivity index (χ3n) is 2.09.